The zero-order chi connectivity index (χ0) is 16.2. The van der Waals surface area contributed by atoms with Gasteiger partial charge in [0.1, 0.15) is 12.4 Å². The molecular weight excluding hydrogens is 304 g/mol. The highest BCUT2D eigenvalue weighted by molar-refractivity contribution is 5.87. The monoisotopic (exact) mass is 321 g/mol. The molecule has 1 aliphatic rings. The average Bonchev–Trinajstić information content (AvgIpc) is 3.21. The number of esters is 1. The second kappa shape index (κ2) is 6.91. The van der Waals surface area contributed by atoms with Crippen LogP contribution in [0.5, 0.6) is 0 Å². The summed E-state index contributed by atoms with van der Waals surface area (Å²) < 4.78 is 36.7. The Balaban J connectivity index is 1.59. The van der Waals surface area contributed by atoms with Crippen LogP contribution in [0.25, 0.3) is 11.3 Å². The van der Waals surface area contributed by atoms with Crippen LogP contribution in [-0.4, -0.2) is 37.1 Å². The number of nitrogens with zero attached hydrogens (tertiary/aromatic N) is 1. The van der Waals surface area contributed by atoms with Crippen LogP contribution >= 0.6 is 0 Å². The quantitative estimate of drug-likeness (QED) is 0.791. The minimum Gasteiger partial charge on any atom is -0.458 e. The standard InChI is InChI=1S/C17H17F2NO3/c18-13-4-3-12(11-14(13)19)15-5-6-16(23-15)17(21)22-10-9-20-7-1-2-8-20/h3-6,11H,1-2,7-10H2. The predicted molar refractivity (Wildman–Crippen MR) is 80.0 cm³/mol. The Bertz CT molecular complexity index is 693. The molecule has 1 saturated heterocycles. The van der Waals surface area contributed by atoms with Gasteiger partial charge in [-0.3, -0.25) is 4.90 Å². The van der Waals surface area contributed by atoms with Gasteiger partial charge in [0.05, 0.1) is 0 Å². The maximum atomic E-state index is 13.2. The van der Waals surface area contributed by atoms with Gasteiger partial charge in [-0.25, -0.2) is 13.6 Å². The first kappa shape index (κ1) is 15.7. The molecule has 0 unspecified atom stereocenters. The lowest BCUT2D eigenvalue weighted by atomic mass is 10.1. The molecule has 0 saturated carbocycles. The number of halogens is 2. The number of hydrogen-bond acceptors (Lipinski definition) is 4. The van der Waals surface area contributed by atoms with Gasteiger partial charge in [0.2, 0.25) is 5.76 Å². The fourth-order valence-electron chi connectivity index (χ4n) is 2.60. The van der Waals surface area contributed by atoms with E-state index in [1.807, 2.05) is 0 Å². The Morgan fingerprint density at radius 3 is 2.65 bits per heavy atom. The number of ether oxygens (including phenoxy) is 1. The zero-order valence-electron chi connectivity index (χ0n) is 12.6. The highest BCUT2D eigenvalue weighted by Gasteiger charge is 2.16. The average molecular weight is 321 g/mol. The van der Waals surface area contributed by atoms with E-state index in [9.17, 15) is 13.6 Å². The molecule has 0 bridgehead atoms. The van der Waals surface area contributed by atoms with E-state index in [-0.39, 0.29) is 11.5 Å². The van der Waals surface area contributed by atoms with Crippen molar-refractivity contribution in [3.05, 3.63) is 47.7 Å². The molecule has 1 fully saturated rings. The minimum atomic E-state index is -0.964. The molecule has 0 atom stereocenters. The Kier molecular flexibility index (Phi) is 4.71. The van der Waals surface area contributed by atoms with Gasteiger partial charge >= 0.3 is 5.97 Å². The topological polar surface area (TPSA) is 42.7 Å². The first-order valence-corrected chi connectivity index (χ1v) is 7.58. The molecule has 1 aromatic heterocycles. The van der Waals surface area contributed by atoms with Crippen LogP contribution in [0.1, 0.15) is 23.4 Å². The number of rotatable bonds is 5. The number of benzene rings is 1. The lowest BCUT2D eigenvalue weighted by Gasteiger charge is -2.13. The summed E-state index contributed by atoms with van der Waals surface area (Å²) in [4.78, 5) is 14.2. The lowest BCUT2D eigenvalue weighted by Crippen LogP contribution is -2.25. The molecule has 6 heteroatoms. The third kappa shape index (κ3) is 3.76. The van der Waals surface area contributed by atoms with Crippen LogP contribution in [0.4, 0.5) is 8.78 Å². The van der Waals surface area contributed by atoms with Crippen molar-refractivity contribution >= 4 is 5.97 Å². The molecule has 0 aliphatic carbocycles. The third-order valence-electron chi connectivity index (χ3n) is 3.85. The van der Waals surface area contributed by atoms with Crippen molar-refractivity contribution in [1.82, 2.24) is 4.90 Å². The Hall–Kier alpha value is -2.21. The second-order valence-electron chi connectivity index (χ2n) is 5.48. The molecule has 0 radical (unpaired) electrons. The lowest BCUT2D eigenvalue weighted by molar-refractivity contribution is 0.0437. The molecule has 4 nitrogen and oxygen atoms in total. The smallest absolute Gasteiger partial charge is 0.374 e. The minimum absolute atomic E-state index is 0.0474. The van der Waals surface area contributed by atoms with E-state index < -0.39 is 17.6 Å². The molecule has 0 spiro atoms. The van der Waals surface area contributed by atoms with Crippen molar-refractivity contribution in [3.63, 3.8) is 0 Å². The number of likely N-dealkylation sites (tertiary alicyclic amines) is 1. The van der Waals surface area contributed by atoms with E-state index in [0.29, 0.717) is 18.7 Å². The van der Waals surface area contributed by atoms with Gasteiger partial charge in [-0.15, -0.1) is 0 Å². The fourth-order valence-corrected chi connectivity index (χ4v) is 2.60. The summed E-state index contributed by atoms with van der Waals surface area (Å²) in [7, 11) is 0. The van der Waals surface area contributed by atoms with Gasteiger partial charge in [0, 0.05) is 12.1 Å². The fraction of sp³-hybridized carbons (Fsp3) is 0.353. The molecule has 2 aromatic rings. The summed E-state index contributed by atoms with van der Waals surface area (Å²) in [6, 6.07) is 6.43. The van der Waals surface area contributed by atoms with Crippen LogP contribution in [0.15, 0.2) is 34.7 Å². The van der Waals surface area contributed by atoms with Crippen molar-refractivity contribution in [2.24, 2.45) is 0 Å². The van der Waals surface area contributed by atoms with Crippen LogP contribution in [-0.2, 0) is 4.74 Å². The number of hydrogen-bond donors (Lipinski definition) is 0. The molecule has 1 aromatic carbocycles. The second-order valence-corrected chi connectivity index (χ2v) is 5.48. The number of furan rings is 1. The molecule has 23 heavy (non-hydrogen) atoms. The summed E-state index contributed by atoms with van der Waals surface area (Å²) in [5, 5.41) is 0. The van der Waals surface area contributed by atoms with Gasteiger partial charge < -0.3 is 9.15 Å². The Morgan fingerprint density at radius 1 is 1.13 bits per heavy atom. The molecule has 122 valence electrons. The summed E-state index contributed by atoms with van der Waals surface area (Å²) in [6.07, 6.45) is 2.37. The van der Waals surface area contributed by atoms with Crippen molar-refractivity contribution in [3.8, 4) is 11.3 Å². The van der Waals surface area contributed by atoms with Gasteiger partial charge in [-0.05, 0) is 56.3 Å². The van der Waals surface area contributed by atoms with Crippen LogP contribution in [0.3, 0.4) is 0 Å². The number of carbonyl (C=O) groups is 1. The summed E-state index contributed by atoms with van der Waals surface area (Å²) >= 11 is 0. The highest BCUT2D eigenvalue weighted by atomic mass is 19.2. The maximum Gasteiger partial charge on any atom is 0.374 e. The first-order chi connectivity index (χ1) is 11.1. The van der Waals surface area contributed by atoms with E-state index >= 15 is 0 Å². The molecule has 0 N–H and O–H groups in total. The van der Waals surface area contributed by atoms with Gasteiger partial charge in [-0.1, -0.05) is 0 Å². The zero-order valence-corrected chi connectivity index (χ0v) is 12.6. The molecular formula is C17H17F2NO3. The maximum absolute atomic E-state index is 13.2. The summed E-state index contributed by atoms with van der Waals surface area (Å²) in [5.74, 6) is -2.12. The Labute approximate surface area is 132 Å². The SMILES string of the molecule is O=C(OCCN1CCCC1)c1ccc(-c2ccc(F)c(F)c2)o1. The molecule has 0 amide bonds. The van der Waals surface area contributed by atoms with Gasteiger partial charge in [0.15, 0.2) is 11.6 Å². The normalized spacial score (nSPS) is 15.0. The van der Waals surface area contributed by atoms with E-state index in [0.717, 1.165) is 25.2 Å². The van der Waals surface area contributed by atoms with E-state index in [1.165, 1.54) is 31.0 Å². The van der Waals surface area contributed by atoms with Gasteiger partial charge in [0.25, 0.3) is 0 Å². The highest BCUT2D eigenvalue weighted by Crippen LogP contribution is 2.24. The van der Waals surface area contributed by atoms with E-state index in [4.69, 9.17) is 9.15 Å². The van der Waals surface area contributed by atoms with Crippen LogP contribution < -0.4 is 0 Å². The van der Waals surface area contributed by atoms with Crippen LogP contribution in [0.2, 0.25) is 0 Å². The van der Waals surface area contributed by atoms with Crippen molar-refractivity contribution in [2.75, 3.05) is 26.2 Å². The van der Waals surface area contributed by atoms with Gasteiger partial charge in [-0.2, -0.15) is 0 Å². The summed E-state index contributed by atoms with van der Waals surface area (Å²) in [5.41, 5.74) is 0.361. The largest absolute Gasteiger partial charge is 0.458 e. The van der Waals surface area contributed by atoms with E-state index in [2.05, 4.69) is 4.90 Å². The Morgan fingerprint density at radius 2 is 1.91 bits per heavy atom. The summed E-state index contributed by atoms with van der Waals surface area (Å²) in [6.45, 7) is 3.10. The number of carbonyl (C=O) groups excluding carboxylic acids is 1. The molecule has 1 aliphatic heterocycles. The predicted octanol–water partition coefficient (Wildman–Crippen LogP) is 3.48. The van der Waals surface area contributed by atoms with Crippen molar-refractivity contribution in [2.45, 2.75) is 12.8 Å². The van der Waals surface area contributed by atoms with Crippen molar-refractivity contribution < 1.29 is 22.7 Å². The molecule has 3 rings (SSSR count). The third-order valence-corrected chi connectivity index (χ3v) is 3.85. The molecule has 2 heterocycles. The van der Waals surface area contributed by atoms with E-state index in [1.54, 1.807) is 0 Å². The van der Waals surface area contributed by atoms with Crippen molar-refractivity contribution in [1.29, 1.82) is 0 Å². The first-order valence-electron chi connectivity index (χ1n) is 7.58. The van der Waals surface area contributed by atoms with Crippen LogP contribution in [0, 0.1) is 11.6 Å².